The van der Waals surface area contributed by atoms with Gasteiger partial charge in [-0.2, -0.15) is 0 Å². The van der Waals surface area contributed by atoms with Crippen molar-refractivity contribution in [3.63, 3.8) is 0 Å². The van der Waals surface area contributed by atoms with E-state index in [-0.39, 0.29) is 13.0 Å². The first kappa shape index (κ1) is 29.7. The Balaban J connectivity index is 1.60. The van der Waals surface area contributed by atoms with Gasteiger partial charge in [0.2, 0.25) is 17.7 Å². The predicted molar refractivity (Wildman–Crippen MR) is 146 cm³/mol. The predicted octanol–water partition coefficient (Wildman–Crippen LogP) is 1.18. The lowest BCUT2D eigenvalue weighted by atomic mass is 10.0. The summed E-state index contributed by atoms with van der Waals surface area (Å²) in [6.45, 7) is -0.812. The average Bonchev–Trinajstić information content (AvgIpc) is 2.97. The van der Waals surface area contributed by atoms with Gasteiger partial charge in [0.15, 0.2) is 0 Å². The highest BCUT2D eigenvalue weighted by Crippen LogP contribution is 2.15. The lowest BCUT2D eigenvalue weighted by Gasteiger charge is -2.22. The molecule has 11 nitrogen and oxygen atoms in total. The van der Waals surface area contributed by atoms with E-state index in [2.05, 4.69) is 16.0 Å². The third-order valence-electron chi connectivity index (χ3n) is 5.69. The number of hydrogen-bond acceptors (Lipinski definition) is 7. The third-order valence-corrected chi connectivity index (χ3v) is 5.69. The van der Waals surface area contributed by atoms with Gasteiger partial charge in [-0.25, -0.2) is 4.79 Å². The molecule has 0 aromatic heterocycles. The number of carbonyl (C=O) groups is 4. The van der Waals surface area contributed by atoms with Crippen LogP contribution in [0.5, 0.6) is 5.75 Å². The molecule has 4 amide bonds. The zero-order valence-electron chi connectivity index (χ0n) is 21.7. The largest absolute Gasteiger partial charge is 0.489 e. The molecular weight excluding hydrogens is 516 g/mol. The monoisotopic (exact) mass is 548 g/mol. The summed E-state index contributed by atoms with van der Waals surface area (Å²) in [4.78, 5) is 49.0. The van der Waals surface area contributed by atoms with Gasteiger partial charge < -0.3 is 36.3 Å². The van der Waals surface area contributed by atoms with E-state index >= 15 is 0 Å². The number of benzene rings is 3. The normalized spacial score (nSPS) is 11.9. The maximum atomic E-state index is 12.9. The van der Waals surface area contributed by atoms with Gasteiger partial charge in [-0.3, -0.25) is 14.4 Å². The SMILES string of the molecule is NC(=O)CNC(=O)[C@@H](Cc1ccc(OCc2ccccc2)cc1)NC(=O)[C@H](CO)NC(=O)OCc1ccccc1. The summed E-state index contributed by atoms with van der Waals surface area (Å²) in [5.41, 5.74) is 7.56. The van der Waals surface area contributed by atoms with E-state index in [0.717, 1.165) is 11.1 Å². The average molecular weight is 549 g/mol. The highest BCUT2D eigenvalue weighted by Gasteiger charge is 2.27. The Morgan fingerprint density at radius 1 is 0.725 bits per heavy atom. The van der Waals surface area contributed by atoms with E-state index in [0.29, 0.717) is 17.9 Å². The molecule has 0 radical (unpaired) electrons. The molecule has 6 N–H and O–H groups in total. The molecule has 11 heteroatoms. The molecule has 0 aliphatic heterocycles. The van der Waals surface area contributed by atoms with Crippen molar-refractivity contribution in [2.45, 2.75) is 31.7 Å². The number of aliphatic hydroxyl groups is 1. The van der Waals surface area contributed by atoms with Gasteiger partial charge in [0.05, 0.1) is 13.2 Å². The van der Waals surface area contributed by atoms with Crippen LogP contribution >= 0.6 is 0 Å². The van der Waals surface area contributed by atoms with Crippen molar-refractivity contribution >= 4 is 23.8 Å². The molecular formula is C29H32N4O7. The molecule has 3 aromatic carbocycles. The number of alkyl carbamates (subject to hydrolysis) is 1. The molecule has 3 aromatic rings. The second-order valence-corrected chi connectivity index (χ2v) is 8.81. The van der Waals surface area contributed by atoms with Crippen LogP contribution in [-0.2, 0) is 38.8 Å². The van der Waals surface area contributed by atoms with Crippen LogP contribution in [0.2, 0.25) is 0 Å². The smallest absolute Gasteiger partial charge is 0.408 e. The molecule has 0 bridgehead atoms. The summed E-state index contributed by atoms with van der Waals surface area (Å²) in [7, 11) is 0. The number of hydrogen-bond donors (Lipinski definition) is 5. The second kappa shape index (κ2) is 15.5. The van der Waals surface area contributed by atoms with Crippen molar-refractivity contribution in [3.8, 4) is 5.75 Å². The molecule has 0 saturated carbocycles. The van der Waals surface area contributed by atoms with E-state index in [4.69, 9.17) is 15.2 Å². The Kier molecular flexibility index (Phi) is 11.5. The number of nitrogens with two attached hydrogens (primary N) is 1. The fourth-order valence-corrected chi connectivity index (χ4v) is 3.58. The molecule has 0 heterocycles. The molecule has 3 rings (SSSR count). The lowest BCUT2D eigenvalue weighted by molar-refractivity contribution is -0.131. The van der Waals surface area contributed by atoms with Gasteiger partial charge in [-0.05, 0) is 28.8 Å². The van der Waals surface area contributed by atoms with Crippen LogP contribution in [0.3, 0.4) is 0 Å². The van der Waals surface area contributed by atoms with Crippen molar-refractivity contribution in [1.82, 2.24) is 16.0 Å². The molecule has 0 aliphatic carbocycles. The maximum absolute atomic E-state index is 12.9. The van der Waals surface area contributed by atoms with Crippen molar-refractivity contribution in [1.29, 1.82) is 0 Å². The molecule has 40 heavy (non-hydrogen) atoms. The van der Waals surface area contributed by atoms with Crippen LogP contribution < -0.4 is 26.4 Å². The van der Waals surface area contributed by atoms with Crippen molar-refractivity contribution < 1.29 is 33.8 Å². The van der Waals surface area contributed by atoms with Crippen molar-refractivity contribution in [2.75, 3.05) is 13.2 Å². The Morgan fingerprint density at radius 2 is 1.32 bits per heavy atom. The molecule has 0 saturated heterocycles. The minimum absolute atomic E-state index is 0.0321. The van der Waals surface area contributed by atoms with Gasteiger partial charge in [-0.1, -0.05) is 72.8 Å². The van der Waals surface area contributed by atoms with Crippen LogP contribution in [0.25, 0.3) is 0 Å². The van der Waals surface area contributed by atoms with Crippen LogP contribution in [0.15, 0.2) is 84.9 Å². The summed E-state index contributed by atoms with van der Waals surface area (Å²) in [6.07, 6.45) is -0.870. The van der Waals surface area contributed by atoms with E-state index < -0.39 is 49.1 Å². The minimum Gasteiger partial charge on any atom is -0.489 e. The number of amides is 4. The Bertz CT molecular complexity index is 1250. The molecule has 2 atom stereocenters. The zero-order chi connectivity index (χ0) is 28.7. The quantitative estimate of drug-likeness (QED) is 0.201. The van der Waals surface area contributed by atoms with Crippen LogP contribution in [0, 0.1) is 0 Å². The van der Waals surface area contributed by atoms with Gasteiger partial charge in [-0.15, -0.1) is 0 Å². The molecule has 210 valence electrons. The zero-order valence-corrected chi connectivity index (χ0v) is 21.7. The summed E-state index contributed by atoms with van der Waals surface area (Å²) in [6, 6.07) is 23.0. The van der Waals surface area contributed by atoms with E-state index in [1.807, 2.05) is 36.4 Å². The summed E-state index contributed by atoms with van der Waals surface area (Å²) in [5.74, 6) is -1.62. The first-order chi connectivity index (χ1) is 19.3. The summed E-state index contributed by atoms with van der Waals surface area (Å²) in [5, 5.41) is 16.9. The Hall–Kier alpha value is -4.90. The highest BCUT2D eigenvalue weighted by atomic mass is 16.5. The minimum atomic E-state index is -1.39. The van der Waals surface area contributed by atoms with Gasteiger partial charge in [0.25, 0.3) is 0 Å². The first-order valence-corrected chi connectivity index (χ1v) is 12.5. The van der Waals surface area contributed by atoms with E-state index in [9.17, 15) is 24.3 Å². The fourth-order valence-electron chi connectivity index (χ4n) is 3.58. The number of aliphatic hydroxyl groups excluding tert-OH is 1. The van der Waals surface area contributed by atoms with Crippen LogP contribution in [0.1, 0.15) is 16.7 Å². The first-order valence-electron chi connectivity index (χ1n) is 12.5. The second-order valence-electron chi connectivity index (χ2n) is 8.81. The van der Waals surface area contributed by atoms with E-state index in [1.165, 1.54) is 0 Å². The van der Waals surface area contributed by atoms with E-state index in [1.54, 1.807) is 48.5 Å². The van der Waals surface area contributed by atoms with Crippen molar-refractivity contribution in [2.24, 2.45) is 5.73 Å². The number of primary amides is 1. The Labute approximate surface area is 231 Å². The third kappa shape index (κ3) is 10.1. The Morgan fingerprint density at radius 3 is 1.90 bits per heavy atom. The highest BCUT2D eigenvalue weighted by molar-refractivity contribution is 5.92. The number of carbonyl (C=O) groups excluding carboxylic acids is 4. The van der Waals surface area contributed by atoms with Crippen LogP contribution in [-0.4, -0.2) is 54.2 Å². The molecule has 0 unspecified atom stereocenters. The van der Waals surface area contributed by atoms with Crippen molar-refractivity contribution in [3.05, 3.63) is 102 Å². The standard InChI is InChI=1S/C29H32N4O7/c30-26(35)16-31-27(36)24(15-20-11-13-23(14-12-20)39-18-21-7-3-1-4-8-21)32-28(37)25(17-34)33-29(38)40-19-22-9-5-2-6-10-22/h1-14,24-25,34H,15-19H2,(H2,30,35)(H,31,36)(H,32,37)(H,33,38)/t24-,25+/m1/s1. The summed E-state index contributed by atoms with van der Waals surface area (Å²) < 4.78 is 10.9. The number of rotatable bonds is 14. The maximum Gasteiger partial charge on any atom is 0.408 e. The van der Waals surface area contributed by atoms with Gasteiger partial charge in [0, 0.05) is 6.42 Å². The van der Waals surface area contributed by atoms with Gasteiger partial charge >= 0.3 is 6.09 Å². The fraction of sp³-hybridized carbons (Fsp3) is 0.241. The molecule has 0 aliphatic rings. The molecule has 0 fully saturated rings. The number of ether oxygens (including phenoxy) is 2. The van der Waals surface area contributed by atoms with Crippen LogP contribution in [0.4, 0.5) is 4.79 Å². The topological polar surface area (TPSA) is 169 Å². The van der Waals surface area contributed by atoms with Gasteiger partial charge in [0.1, 0.15) is 31.0 Å². The lowest BCUT2D eigenvalue weighted by Crippen LogP contribution is -2.56. The summed E-state index contributed by atoms with van der Waals surface area (Å²) >= 11 is 0. The molecule has 0 spiro atoms. The number of nitrogens with one attached hydrogen (secondary N) is 3.